The predicted molar refractivity (Wildman–Crippen MR) is 77.8 cm³/mol. The number of hydrogen-bond donors (Lipinski definition) is 1. The summed E-state index contributed by atoms with van der Waals surface area (Å²) in [6.07, 6.45) is 0. The molecule has 2 nitrogen and oxygen atoms in total. The third-order valence-corrected chi connectivity index (χ3v) is 3.45. The zero-order chi connectivity index (χ0) is 14.5. The van der Waals surface area contributed by atoms with Gasteiger partial charge < -0.3 is 5.32 Å². The van der Waals surface area contributed by atoms with E-state index >= 15 is 0 Å². The number of benzene rings is 2. The van der Waals surface area contributed by atoms with Gasteiger partial charge >= 0.3 is 0 Å². The quantitative estimate of drug-likeness (QED) is 0.915. The molecule has 0 saturated carbocycles. The van der Waals surface area contributed by atoms with Crippen LogP contribution in [0.5, 0.6) is 0 Å². The van der Waals surface area contributed by atoms with Gasteiger partial charge in [0.1, 0.15) is 5.82 Å². The lowest BCUT2D eigenvalue weighted by molar-refractivity contribution is 0.571. The van der Waals surface area contributed by atoms with Gasteiger partial charge in [-0.15, -0.1) is 0 Å². The summed E-state index contributed by atoms with van der Waals surface area (Å²) < 4.78 is 13.0. The van der Waals surface area contributed by atoms with Crippen LogP contribution in [0.25, 0.3) is 0 Å². The molecular weight excluding hydrogens is 275 g/mol. The largest absolute Gasteiger partial charge is 0.306 e. The lowest BCUT2D eigenvalue weighted by atomic mass is 10.1. The molecule has 2 aromatic rings. The number of halogens is 2. The second kappa shape index (κ2) is 6.51. The Labute approximate surface area is 122 Å². The Morgan fingerprint density at radius 1 is 1.25 bits per heavy atom. The highest BCUT2D eigenvalue weighted by atomic mass is 35.5. The molecule has 0 heterocycles. The van der Waals surface area contributed by atoms with E-state index in [0.29, 0.717) is 17.1 Å². The first kappa shape index (κ1) is 14.5. The normalized spacial score (nSPS) is 11.9. The van der Waals surface area contributed by atoms with Gasteiger partial charge in [-0.1, -0.05) is 29.8 Å². The smallest absolute Gasteiger partial charge is 0.124 e. The number of nitrogens with one attached hydrogen (secondary N) is 1. The van der Waals surface area contributed by atoms with E-state index in [-0.39, 0.29) is 11.9 Å². The third kappa shape index (κ3) is 3.57. The Morgan fingerprint density at radius 2 is 1.95 bits per heavy atom. The predicted octanol–water partition coefficient (Wildman–Crippen LogP) is 4.20. The van der Waals surface area contributed by atoms with Crippen molar-refractivity contribution in [3.63, 3.8) is 0 Å². The van der Waals surface area contributed by atoms with Crippen molar-refractivity contribution >= 4 is 11.6 Å². The molecule has 0 bridgehead atoms. The number of nitriles is 1. The van der Waals surface area contributed by atoms with Crippen molar-refractivity contribution in [2.75, 3.05) is 0 Å². The zero-order valence-electron chi connectivity index (χ0n) is 11.0. The summed E-state index contributed by atoms with van der Waals surface area (Å²) in [6.45, 7) is 2.63. The summed E-state index contributed by atoms with van der Waals surface area (Å²) in [5.41, 5.74) is 2.58. The van der Waals surface area contributed by atoms with Crippen LogP contribution in [0.15, 0.2) is 42.5 Å². The van der Waals surface area contributed by atoms with Gasteiger partial charge in [0, 0.05) is 17.6 Å². The molecule has 0 aromatic heterocycles. The molecule has 0 radical (unpaired) electrons. The van der Waals surface area contributed by atoms with Gasteiger partial charge in [0.25, 0.3) is 0 Å². The molecule has 2 rings (SSSR count). The summed E-state index contributed by atoms with van der Waals surface area (Å²) >= 11 is 6.03. The zero-order valence-corrected chi connectivity index (χ0v) is 11.8. The highest BCUT2D eigenvalue weighted by molar-refractivity contribution is 6.31. The van der Waals surface area contributed by atoms with Crippen LogP contribution in [0, 0.1) is 17.1 Å². The Morgan fingerprint density at radius 3 is 2.55 bits per heavy atom. The summed E-state index contributed by atoms with van der Waals surface area (Å²) in [7, 11) is 0. The summed E-state index contributed by atoms with van der Waals surface area (Å²) in [6, 6.07) is 13.9. The number of rotatable bonds is 4. The van der Waals surface area contributed by atoms with Gasteiger partial charge in [0.2, 0.25) is 0 Å². The van der Waals surface area contributed by atoms with E-state index in [4.69, 9.17) is 16.9 Å². The van der Waals surface area contributed by atoms with Crippen molar-refractivity contribution < 1.29 is 4.39 Å². The van der Waals surface area contributed by atoms with Gasteiger partial charge in [-0.2, -0.15) is 5.26 Å². The van der Waals surface area contributed by atoms with Crippen molar-refractivity contribution in [3.05, 3.63) is 70.0 Å². The molecule has 1 atom stereocenters. The molecular formula is C16H14ClFN2. The molecule has 2 aromatic carbocycles. The van der Waals surface area contributed by atoms with Crippen LogP contribution in [0.1, 0.15) is 29.7 Å². The molecule has 0 aliphatic carbocycles. The molecule has 102 valence electrons. The highest BCUT2D eigenvalue weighted by Crippen LogP contribution is 2.23. The lowest BCUT2D eigenvalue weighted by Gasteiger charge is -2.16. The van der Waals surface area contributed by atoms with E-state index in [1.165, 1.54) is 12.1 Å². The SMILES string of the molecule is CC(NCc1ccc(C#N)cc1)c1ccc(F)cc1Cl. The maximum Gasteiger partial charge on any atom is 0.124 e. The maximum absolute atomic E-state index is 13.0. The fraction of sp³-hybridized carbons (Fsp3) is 0.188. The van der Waals surface area contributed by atoms with Gasteiger partial charge in [-0.05, 0) is 42.3 Å². The number of hydrogen-bond acceptors (Lipinski definition) is 2. The average molecular weight is 289 g/mol. The van der Waals surface area contributed by atoms with Crippen molar-refractivity contribution in [1.29, 1.82) is 5.26 Å². The topological polar surface area (TPSA) is 35.8 Å². The highest BCUT2D eigenvalue weighted by Gasteiger charge is 2.09. The molecule has 0 aliphatic heterocycles. The van der Waals surface area contributed by atoms with Crippen molar-refractivity contribution in [1.82, 2.24) is 5.32 Å². The Balaban J connectivity index is 2.01. The minimum atomic E-state index is -0.335. The van der Waals surface area contributed by atoms with Crippen LogP contribution < -0.4 is 5.32 Å². The van der Waals surface area contributed by atoms with Crippen LogP contribution in [0.3, 0.4) is 0 Å². The minimum Gasteiger partial charge on any atom is -0.306 e. The molecule has 0 aliphatic rings. The number of nitrogens with zero attached hydrogens (tertiary/aromatic N) is 1. The van der Waals surface area contributed by atoms with E-state index in [2.05, 4.69) is 11.4 Å². The fourth-order valence-electron chi connectivity index (χ4n) is 1.93. The van der Waals surface area contributed by atoms with Crippen LogP contribution >= 0.6 is 11.6 Å². The van der Waals surface area contributed by atoms with Crippen LogP contribution in [0.4, 0.5) is 4.39 Å². The minimum absolute atomic E-state index is 0.0127. The summed E-state index contributed by atoms with van der Waals surface area (Å²) in [4.78, 5) is 0. The van der Waals surface area contributed by atoms with Crippen LogP contribution in [-0.2, 0) is 6.54 Å². The third-order valence-electron chi connectivity index (χ3n) is 3.12. The molecule has 0 fully saturated rings. The van der Waals surface area contributed by atoms with Crippen molar-refractivity contribution in [2.45, 2.75) is 19.5 Å². The monoisotopic (exact) mass is 288 g/mol. The molecule has 0 saturated heterocycles. The Hall–Kier alpha value is -1.89. The van der Waals surface area contributed by atoms with E-state index in [0.717, 1.165) is 11.1 Å². The average Bonchev–Trinajstić information content (AvgIpc) is 2.45. The van der Waals surface area contributed by atoms with E-state index < -0.39 is 0 Å². The van der Waals surface area contributed by atoms with E-state index in [9.17, 15) is 4.39 Å². The van der Waals surface area contributed by atoms with E-state index in [1.807, 2.05) is 19.1 Å². The summed E-state index contributed by atoms with van der Waals surface area (Å²) in [5.74, 6) is -0.335. The second-order valence-corrected chi connectivity index (χ2v) is 4.98. The van der Waals surface area contributed by atoms with Crippen LogP contribution in [0.2, 0.25) is 5.02 Å². The Bertz CT molecular complexity index is 632. The van der Waals surface area contributed by atoms with Gasteiger partial charge in [-0.3, -0.25) is 0 Å². The summed E-state index contributed by atoms with van der Waals surface area (Å²) in [5, 5.41) is 12.5. The maximum atomic E-state index is 13.0. The first-order valence-electron chi connectivity index (χ1n) is 6.27. The van der Waals surface area contributed by atoms with Crippen LogP contribution in [-0.4, -0.2) is 0 Å². The fourth-order valence-corrected chi connectivity index (χ4v) is 2.26. The first-order valence-corrected chi connectivity index (χ1v) is 6.65. The van der Waals surface area contributed by atoms with Gasteiger partial charge in [0.15, 0.2) is 0 Å². The van der Waals surface area contributed by atoms with Gasteiger partial charge in [-0.25, -0.2) is 4.39 Å². The van der Waals surface area contributed by atoms with Gasteiger partial charge in [0.05, 0.1) is 11.6 Å². The van der Waals surface area contributed by atoms with E-state index in [1.54, 1.807) is 18.2 Å². The molecule has 20 heavy (non-hydrogen) atoms. The first-order chi connectivity index (χ1) is 9.60. The standard InChI is InChI=1S/C16H14ClFN2/c1-11(15-7-6-14(18)8-16(15)17)20-10-13-4-2-12(9-19)3-5-13/h2-8,11,20H,10H2,1H3. The molecule has 4 heteroatoms. The molecule has 0 spiro atoms. The molecule has 0 amide bonds. The second-order valence-electron chi connectivity index (χ2n) is 4.58. The Kier molecular flexibility index (Phi) is 4.73. The molecule has 1 unspecified atom stereocenters. The van der Waals surface area contributed by atoms with Crippen molar-refractivity contribution in [3.8, 4) is 6.07 Å². The van der Waals surface area contributed by atoms with Crippen molar-refractivity contribution in [2.24, 2.45) is 0 Å². The lowest BCUT2D eigenvalue weighted by Crippen LogP contribution is -2.18. The molecule has 1 N–H and O–H groups in total.